The highest BCUT2D eigenvalue weighted by molar-refractivity contribution is 7.89. The number of rotatable bonds is 8. The Kier molecular flexibility index (Phi) is 6.69. The summed E-state index contributed by atoms with van der Waals surface area (Å²) in [4.78, 5) is 10.1. The standard InChI is InChI=1S/C16H27N5O4S/c1-16(2,3)15-12(11-18-20-15)10-17-8-9-19-26(24,25)14-6-4-13(5-7-14)21(22)23/h4-7,12,15,17-20H,8-11H2,1-3H3. The van der Waals surface area contributed by atoms with E-state index in [0.717, 1.165) is 13.1 Å². The molecule has 0 aromatic heterocycles. The Morgan fingerprint density at radius 2 is 1.88 bits per heavy atom. The van der Waals surface area contributed by atoms with Gasteiger partial charge in [-0.3, -0.25) is 21.0 Å². The lowest BCUT2D eigenvalue weighted by molar-refractivity contribution is -0.384. The number of non-ortho nitro benzene ring substituents is 1. The van der Waals surface area contributed by atoms with E-state index in [2.05, 4.69) is 41.7 Å². The second kappa shape index (κ2) is 8.40. The third-order valence-corrected chi connectivity index (χ3v) is 5.86. The van der Waals surface area contributed by atoms with Crippen molar-refractivity contribution in [1.29, 1.82) is 0 Å². The molecular weight excluding hydrogens is 358 g/mol. The van der Waals surface area contributed by atoms with Crippen LogP contribution in [0.3, 0.4) is 0 Å². The Balaban J connectivity index is 1.77. The monoisotopic (exact) mass is 385 g/mol. The molecule has 1 aliphatic rings. The molecular formula is C16H27N5O4S. The Bertz CT molecular complexity index is 715. The first-order chi connectivity index (χ1) is 12.1. The quantitative estimate of drug-likeness (QED) is 0.293. The Morgan fingerprint density at radius 3 is 2.46 bits per heavy atom. The van der Waals surface area contributed by atoms with E-state index in [1.165, 1.54) is 24.3 Å². The van der Waals surface area contributed by atoms with Crippen LogP contribution in [-0.2, 0) is 10.0 Å². The van der Waals surface area contributed by atoms with Gasteiger partial charge in [0.1, 0.15) is 0 Å². The molecule has 2 unspecified atom stereocenters. The van der Waals surface area contributed by atoms with E-state index in [1.54, 1.807) is 0 Å². The van der Waals surface area contributed by atoms with E-state index in [1.807, 2.05) is 0 Å². The lowest BCUT2D eigenvalue weighted by atomic mass is 9.80. The summed E-state index contributed by atoms with van der Waals surface area (Å²) in [5.74, 6) is 0.418. The molecule has 0 saturated carbocycles. The average Bonchev–Trinajstić information content (AvgIpc) is 3.03. The summed E-state index contributed by atoms with van der Waals surface area (Å²) in [5, 5.41) is 13.9. The first-order valence-electron chi connectivity index (χ1n) is 8.54. The number of hydrogen-bond acceptors (Lipinski definition) is 7. The lowest BCUT2D eigenvalue weighted by Gasteiger charge is -2.31. The molecule has 1 aromatic rings. The van der Waals surface area contributed by atoms with Crippen LogP contribution in [0.5, 0.6) is 0 Å². The van der Waals surface area contributed by atoms with E-state index in [4.69, 9.17) is 0 Å². The second-order valence-electron chi connectivity index (χ2n) is 7.48. The largest absolute Gasteiger partial charge is 0.315 e. The Hall–Kier alpha value is -1.59. The molecule has 1 aliphatic heterocycles. The van der Waals surface area contributed by atoms with Crippen molar-refractivity contribution in [1.82, 2.24) is 20.9 Å². The number of benzene rings is 1. The summed E-state index contributed by atoms with van der Waals surface area (Å²) in [6, 6.07) is 5.17. The zero-order chi connectivity index (χ0) is 19.4. The van der Waals surface area contributed by atoms with Crippen LogP contribution in [0.2, 0.25) is 0 Å². The minimum atomic E-state index is -3.67. The SMILES string of the molecule is CC(C)(C)C1NNCC1CNCCNS(=O)(=O)c1ccc([N+](=O)[O-])cc1. The normalized spacial score (nSPS) is 21.0. The highest BCUT2D eigenvalue weighted by Gasteiger charge is 2.35. The molecule has 0 spiro atoms. The minimum absolute atomic E-state index is 0.0140. The van der Waals surface area contributed by atoms with E-state index < -0.39 is 14.9 Å². The maximum atomic E-state index is 12.2. The molecule has 2 atom stereocenters. The zero-order valence-electron chi connectivity index (χ0n) is 15.3. The smallest absolute Gasteiger partial charge is 0.269 e. The van der Waals surface area contributed by atoms with Crippen molar-refractivity contribution < 1.29 is 13.3 Å². The van der Waals surface area contributed by atoms with Gasteiger partial charge < -0.3 is 5.32 Å². The fourth-order valence-electron chi connectivity index (χ4n) is 3.04. The number of hydrogen-bond donors (Lipinski definition) is 4. The third kappa shape index (κ3) is 5.45. The zero-order valence-corrected chi connectivity index (χ0v) is 16.1. The van der Waals surface area contributed by atoms with Gasteiger partial charge in [-0.2, -0.15) is 0 Å². The van der Waals surface area contributed by atoms with E-state index in [0.29, 0.717) is 18.5 Å². The summed E-state index contributed by atoms with van der Waals surface area (Å²) in [7, 11) is -3.67. The van der Waals surface area contributed by atoms with Gasteiger partial charge in [0, 0.05) is 50.3 Å². The van der Waals surface area contributed by atoms with Crippen LogP contribution in [0.4, 0.5) is 5.69 Å². The maximum absolute atomic E-state index is 12.2. The van der Waals surface area contributed by atoms with E-state index >= 15 is 0 Å². The van der Waals surface area contributed by atoms with Gasteiger partial charge in [-0.25, -0.2) is 13.1 Å². The maximum Gasteiger partial charge on any atom is 0.269 e. The molecule has 0 amide bonds. The van der Waals surface area contributed by atoms with E-state index in [9.17, 15) is 18.5 Å². The second-order valence-corrected chi connectivity index (χ2v) is 9.25. The number of nitro groups is 1. The Labute approximate surface area is 154 Å². The lowest BCUT2D eigenvalue weighted by Crippen LogP contribution is -2.45. The van der Waals surface area contributed by atoms with Gasteiger partial charge in [-0.15, -0.1) is 0 Å². The molecule has 26 heavy (non-hydrogen) atoms. The van der Waals surface area contributed by atoms with Crippen molar-refractivity contribution in [3.05, 3.63) is 34.4 Å². The first-order valence-corrected chi connectivity index (χ1v) is 10.0. The van der Waals surface area contributed by atoms with Crippen molar-refractivity contribution in [3.63, 3.8) is 0 Å². The molecule has 1 aromatic carbocycles. The van der Waals surface area contributed by atoms with Crippen LogP contribution in [0.1, 0.15) is 20.8 Å². The summed E-state index contributed by atoms with van der Waals surface area (Å²) >= 11 is 0. The molecule has 0 bridgehead atoms. The highest BCUT2D eigenvalue weighted by Crippen LogP contribution is 2.26. The minimum Gasteiger partial charge on any atom is -0.315 e. The molecule has 9 nitrogen and oxygen atoms in total. The molecule has 2 rings (SSSR count). The number of sulfonamides is 1. The fourth-order valence-corrected chi connectivity index (χ4v) is 4.07. The molecule has 1 heterocycles. The number of hydrazine groups is 1. The highest BCUT2D eigenvalue weighted by atomic mass is 32.2. The van der Waals surface area contributed by atoms with Crippen molar-refractivity contribution >= 4 is 15.7 Å². The summed E-state index contributed by atoms with van der Waals surface area (Å²) in [6.45, 7) is 8.94. The van der Waals surface area contributed by atoms with Gasteiger partial charge in [0.05, 0.1) is 9.82 Å². The predicted molar refractivity (Wildman–Crippen MR) is 99.0 cm³/mol. The van der Waals surface area contributed by atoms with Crippen molar-refractivity contribution in [2.45, 2.75) is 31.7 Å². The molecule has 0 radical (unpaired) electrons. The molecule has 4 N–H and O–H groups in total. The third-order valence-electron chi connectivity index (χ3n) is 4.38. The number of nitrogens with zero attached hydrogens (tertiary/aromatic N) is 1. The topological polar surface area (TPSA) is 125 Å². The van der Waals surface area contributed by atoms with Gasteiger partial charge in [0.15, 0.2) is 0 Å². The van der Waals surface area contributed by atoms with E-state index in [-0.39, 0.29) is 22.5 Å². The molecule has 0 aliphatic carbocycles. The summed E-state index contributed by atoms with van der Waals surface area (Å²) in [6.07, 6.45) is 0. The van der Waals surface area contributed by atoms with Gasteiger partial charge in [0.25, 0.3) is 5.69 Å². The van der Waals surface area contributed by atoms with Gasteiger partial charge in [0.2, 0.25) is 10.0 Å². The van der Waals surface area contributed by atoms with Crippen LogP contribution in [0.15, 0.2) is 29.2 Å². The number of nitrogens with one attached hydrogen (secondary N) is 4. The van der Waals surface area contributed by atoms with Crippen LogP contribution in [-0.4, -0.2) is 45.6 Å². The summed E-state index contributed by atoms with van der Waals surface area (Å²) in [5.41, 5.74) is 6.47. The number of nitro benzene ring substituents is 1. The van der Waals surface area contributed by atoms with Gasteiger partial charge in [-0.1, -0.05) is 20.8 Å². The fraction of sp³-hybridized carbons (Fsp3) is 0.625. The molecule has 10 heteroatoms. The molecule has 1 saturated heterocycles. The summed E-state index contributed by atoms with van der Waals surface area (Å²) < 4.78 is 26.9. The van der Waals surface area contributed by atoms with Crippen LogP contribution in [0, 0.1) is 21.4 Å². The average molecular weight is 385 g/mol. The van der Waals surface area contributed by atoms with Gasteiger partial charge in [-0.05, 0) is 17.5 Å². The van der Waals surface area contributed by atoms with Crippen LogP contribution >= 0.6 is 0 Å². The van der Waals surface area contributed by atoms with Crippen molar-refractivity contribution in [2.24, 2.45) is 11.3 Å². The molecule has 146 valence electrons. The van der Waals surface area contributed by atoms with Gasteiger partial charge >= 0.3 is 0 Å². The van der Waals surface area contributed by atoms with Crippen LogP contribution in [0.25, 0.3) is 0 Å². The van der Waals surface area contributed by atoms with Crippen LogP contribution < -0.4 is 20.9 Å². The predicted octanol–water partition coefficient (Wildman–Crippen LogP) is 0.601. The Morgan fingerprint density at radius 1 is 1.23 bits per heavy atom. The first kappa shape index (κ1) is 20.7. The molecule has 1 fully saturated rings. The van der Waals surface area contributed by atoms with Crippen molar-refractivity contribution in [3.8, 4) is 0 Å². The van der Waals surface area contributed by atoms with Crippen molar-refractivity contribution in [2.75, 3.05) is 26.2 Å².